The SMILES string of the molecule is COc1cc(Cl)ccc1-c1nnc(C(C)Cl)o1. The number of benzene rings is 1. The van der Waals surface area contributed by atoms with E-state index >= 15 is 0 Å². The first-order valence-corrected chi connectivity index (χ1v) is 5.74. The van der Waals surface area contributed by atoms with Gasteiger partial charge in [-0.2, -0.15) is 0 Å². The molecule has 1 atom stereocenters. The molecule has 1 unspecified atom stereocenters. The third-order valence-electron chi connectivity index (χ3n) is 2.17. The van der Waals surface area contributed by atoms with Gasteiger partial charge in [0.05, 0.1) is 12.7 Å². The normalized spacial score (nSPS) is 12.5. The van der Waals surface area contributed by atoms with E-state index < -0.39 is 0 Å². The molecular formula is C11H10Cl2N2O2. The first kappa shape index (κ1) is 12.2. The van der Waals surface area contributed by atoms with Crippen LogP contribution >= 0.6 is 23.2 Å². The van der Waals surface area contributed by atoms with Crippen LogP contribution in [0.15, 0.2) is 22.6 Å². The largest absolute Gasteiger partial charge is 0.496 e. The Bertz CT molecular complexity index is 526. The summed E-state index contributed by atoms with van der Waals surface area (Å²) >= 11 is 11.7. The Labute approximate surface area is 109 Å². The first-order chi connectivity index (χ1) is 8.11. The quantitative estimate of drug-likeness (QED) is 0.800. The average molecular weight is 273 g/mol. The van der Waals surface area contributed by atoms with E-state index in [1.807, 2.05) is 0 Å². The maximum absolute atomic E-state index is 5.87. The van der Waals surface area contributed by atoms with Crippen LogP contribution < -0.4 is 4.74 Å². The van der Waals surface area contributed by atoms with Crippen molar-refractivity contribution in [2.45, 2.75) is 12.3 Å². The van der Waals surface area contributed by atoms with Gasteiger partial charge < -0.3 is 9.15 Å². The van der Waals surface area contributed by atoms with Crippen LogP contribution in [0.1, 0.15) is 18.2 Å². The van der Waals surface area contributed by atoms with Crippen molar-refractivity contribution in [3.63, 3.8) is 0 Å². The molecule has 6 heteroatoms. The molecule has 0 aliphatic carbocycles. The van der Waals surface area contributed by atoms with E-state index in [1.165, 1.54) is 0 Å². The highest BCUT2D eigenvalue weighted by atomic mass is 35.5. The lowest BCUT2D eigenvalue weighted by Crippen LogP contribution is -1.87. The summed E-state index contributed by atoms with van der Waals surface area (Å²) < 4.78 is 10.6. The van der Waals surface area contributed by atoms with Gasteiger partial charge in [-0.15, -0.1) is 21.8 Å². The van der Waals surface area contributed by atoms with Gasteiger partial charge >= 0.3 is 0 Å². The van der Waals surface area contributed by atoms with E-state index in [2.05, 4.69) is 10.2 Å². The number of alkyl halides is 1. The Morgan fingerprint density at radius 2 is 2.12 bits per heavy atom. The summed E-state index contributed by atoms with van der Waals surface area (Å²) in [5.41, 5.74) is 0.688. The summed E-state index contributed by atoms with van der Waals surface area (Å²) in [6.45, 7) is 1.76. The maximum Gasteiger partial charge on any atom is 0.251 e. The summed E-state index contributed by atoms with van der Waals surface area (Å²) in [7, 11) is 1.55. The average Bonchev–Trinajstić information content (AvgIpc) is 2.78. The Kier molecular flexibility index (Phi) is 3.54. The molecule has 1 aromatic heterocycles. The van der Waals surface area contributed by atoms with Crippen LogP contribution in [-0.4, -0.2) is 17.3 Å². The van der Waals surface area contributed by atoms with Gasteiger partial charge in [0, 0.05) is 5.02 Å². The minimum atomic E-state index is -0.324. The third kappa shape index (κ3) is 2.53. The van der Waals surface area contributed by atoms with Crippen LogP contribution in [0.2, 0.25) is 5.02 Å². The third-order valence-corrected chi connectivity index (χ3v) is 2.60. The highest BCUT2D eigenvalue weighted by Gasteiger charge is 2.16. The fourth-order valence-electron chi connectivity index (χ4n) is 1.35. The van der Waals surface area contributed by atoms with Crippen molar-refractivity contribution in [2.24, 2.45) is 0 Å². The highest BCUT2D eigenvalue weighted by Crippen LogP contribution is 2.32. The Hall–Kier alpha value is -1.26. The van der Waals surface area contributed by atoms with E-state index in [0.29, 0.717) is 28.1 Å². The summed E-state index contributed by atoms with van der Waals surface area (Å²) in [5, 5.41) is 8.03. The topological polar surface area (TPSA) is 48.2 Å². The lowest BCUT2D eigenvalue weighted by atomic mass is 10.2. The van der Waals surface area contributed by atoms with Gasteiger partial charge in [-0.25, -0.2) is 0 Å². The molecule has 0 N–H and O–H groups in total. The zero-order valence-corrected chi connectivity index (χ0v) is 10.8. The number of rotatable bonds is 3. The van der Waals surface area contributed by atoms with Crippen LogP contribution in [0.5, 0.6) is 5.75 Å². The molecule has 90 valence electrons. The predicted molar refractivity (Wildman–Crippen MR) is 65.6 cm³/mol. The predicted octanol–water partition coefficient (Wildman–Crippen LogP) is 3.70. The molecule has 0 saturated heterocycles. The summed E-state index contributed by atoms with van der Waals surface area (Å²) in [6, 6.07) is 5.18. The lowest BCUT2D eigenvalue weighted by molar-refractivity contribution is 0.413. The molecule has 0 amide bonds. The number of aromatic nitrogens is 2. The van der Waals surface area contributed by atoms with Crippen molar-refractivity contribution in [3.8, 4) is 17.2 Å². The number of hydrogen-bond donors (Lipinski definition) is 0. The van der Waals surface area contributed by atoms with Crippen molar-refractivity contribution in [1.82, 2.24) is 10.2 Å². The van der Waals surface area contributed by atoms with Crippen LogP contribution in [0.3, 0.4) is 0 Å². The van der Waals surface area contributed by atoms with Gasteiger partial charge in [-0.3, -0.25) is 0 Å². The van der Waals surface area contributed by atoms with E-state index in [9.17, 15) is 0 Å². The molecule has 1 aromatic carbocycles. The second-order valence-electron chi connectivity index (χ2n) is 3.41. The fraction of sp³-hybridized carbons (Fsp3) is 0.273. The second kappa shape index (κ2) is 4.94. The molecule has 0 bridgehead atoms. The smallest absolute Gasteiger partial charge is 0.251 e. The van der Waals surface area contributed by atoms with Gasteiger partial charge in [0.25, 0.3) is 5.89 Å². The Morgan fingerprint density at radius 3 is 2.71 bits per heavy atom. The lowest BCUT2D eigenvalue weighted by Gasteiger charge is -2.04. The number of hydrogen-bond acceptors (Lipinski definition) is 4. The van der Waals surface area contributed by atoms with Crippen molar-refractivity contribution < 1.29 is 9.15 Å². The zero-order chi connectivity index (χ0) is 12.4. The Balaban J connectivity index is 2.44. The molecule has 1 heterocycles. The molecule has 2 aromatic rings. The van der Waals surface area contributed by atoms with E-state index in [4.69, 9.17) is 32.4 Å². The zero-order valence-electron chi connectivity index (χ0n) is 9.28. The number of methoxy groups -OCH3 is 1. The standard InChI is InChI=1S/C11H10Cl2N2O2/c1-6(12)10-14-15-11(17-10)8-4-3-7(13)5-9(8)16-2/h3-6H,1-2H3. The summed E-state index contributed by atoms with van der Waals surface area (Å²) in [6.07, 6.45) is 0. The van der Waals surface area contributed by atoms with Gasteiger partial charge in [0.15, 0.2) is 0 Å². The number of ether oxygens (including phenoxy) is 1. The molecule has 0 aliphatic heterocycles. The van der Waals surface area contributed by atoms with E-state index in [1.54, 1.807) is 32.2 Å². The first-order valence-electron chi connectivity index (χ1n) is 4.93. The molecule has 0 saturated carbocycles. The van der Waals surface area contributed by atoms with Crippen LogP contribution in [0, 0.1) is 0 Å². The van der Waals surface area contributed by atoms with Crippen molar-refractivity contribution in [2.75, 3.05) is 7.11 Å². The molecule has 2 rings (SSSR count). The second-order valence-corrected chi connectivity index (χ2v) is 4.50. The van der Waals surface area contributed by atoms with Crippen LogP contribution in [0.25, 0.3) is 11.5 Å². The van der Waals surface area contributed by atoms with Crippen LogP contribution in [0.4, 0.5) is 0 Å². The maximum atomic E-state index is 5.87. The van der Waals surface area contributed by atoms with E-state index in [-0.39, 0.29) is 5.38 Å². The molecular weight excluding hydrogens is 263 g/mol. The molecule has 0 radical (unpaired) electrons. The van der Waals surface area contributed by atoms with E-state index in [0.717, 1.165) is 0 Å². The highest BCUT2D eigenvalue weighted by molar-refractivity contribution is 6.30. The van der Waals surface area contributed by atoms with Crippen LogP contribution in [-0.2, 0) is 0 Å². The minimum Gasteiger partial charge on any atom is -0.496 e. The molecule has 4 nitrogen and oxygen atoms in total. The fourth-order valence-corrected chi connectivity index (χ4v) is 1.60. The van der Waals surface area contributed by atoms with Crippen molar-refractivity contribution in [1.29, 1.82) is 0 Å². The monoisotopic (exact) mass is 272 g/mol. The molecule has 0 aliphatic rings. The van der Waals surface area contributed by atoms with Crippen molar-refractivity contribution in [3.05, 3.63) is 29.1 Å². The van der Waals surface area contributed by atoms with Gasteiger partial charge in [-0.1, -0.05) is 11.6 Å². The minimum absolute atomic E-state index is 0.324. The van der Waals surface area contributed by atoms with Gasteiger partial charge in [0.2, 0.25) is 5.89 Å². The number of halogens is 2. The molecule has 17 heavy (non-hydrogen) atoms. The van der Waals surface area contributed by atoms with Gasteiger partial charge in [-0.05, 0) is 25.1 Å². The van der Waals surface area contributed by atoms with Gasteiger partial charge in [0.1, 0.15) is 11.1 Å². The summed E-state index contributed by atoms with van der Waals surface area (Å²) in [5.74, 6) is 1.31. The molecule has 0 fully saturated rings. The van der Waals surface area contributed by atoms with Crippen molar-refractivity contribution >= 4 is 23.2 Å². The summed E-state index contributed by atoms with van der Waals surface area (Å²) in [4.78, 5) is 0. The Morgan fingerprint density at radius 1 is 1.35 bits per heavy atom. The number of nitrogens with zero attached hydrogens (tertiary/aromatic N) is 2. The molecule has 0 spiro atoms.